The Bertz CT molecular complexity index is 2450. The number of unbranched alkanes of at least 4 members (excludes halogenated alkanes) is 5. The Balaban J connectivity index is 0.822. The molecule has 2 saturated heterocycles. The normalized spacial score (nSPS) is 17.9. The Labute approximate surface area is 368 Å². The molecule has 2 fully saturated rings. The van der Waals surface area contributed by atoms with E-state index in [1.54, 1.807) is 44.2 Å². The number of aromatic nitrogens is 2. The highest BCUT2D eigenvalue weighted by molar-refractivity contribution is 6.05. The van der Waals surface area contributed by atoms with Crippen LogP contribution < -0.4 is 31.2 Å². The average Bonchev–Trinajstić information content (AvgIpc) is 3.84. The largest absolute Gasteiger partial charge is 0.493 e. The molecular weight excluding hydrogens is 834 g/mol. The lowest BCUT2D eigenvalue weighted by atomic mass is 10.0. The van der Waals surface area contributed by atoms with Crippen LogP contribution in [0.25, 0.3) is 10.9 Å². The van der Waals surface area contributed by atoms with Gasteiger partial charge in [0.15, 0.2) is 11.5 Å². The molecule has 5 N–H and O–H groups in total. The first-order valence-electron chi connectivity index (χ1n) is 21.7. The zero-order chi connectivity index (χ0) is 45.7. The number of nitrogens with zero attached hydrogens (tertiary/aromatic N) is 4. The summed E-state index contributed by atoms with van der Waals surface area (Å²) < 4.78 is 52.7. The second-order valence-corrected chi connectivity index (χ2v) is 16.7. The van der Waals surface area contributed by atoms with Crippen LogP contribution in [-0.2, 0) is 31.9 Å². The van der Waals surface area contributed by atoms with Crippen molar-refractivity contribution in [1.82, 2.24) is 25.1 Å². The van der Waals surface area contributed by atoms with E-state index in [2.05, 4.69) is 25.9 Å². The molecule has 3 aliphatic heterocycles. The number of methoxy groups -OCH3 is 1. The smallest absolute Gasteiger partial charge is 0.416 e. The van der Waals surface area contributed by atoms with Crippen LogP contribution in [0, 0.1) is 6.92 Å². The van der Waals surface area contributed by atoms with Crippen LogP contribution in [0.3, 0.4) is 0 Å². The summed E-state index contributed by atoms with van der Waals surface area (Å²) in [6, 6.07) is 10.8. The molecular formula is C46H53F3N8O7. The molecule has 0 aliphatic carbocycles. The number of aryl methyl sites for hydroxylation is 1. The number of anilines is 3. The third-order valence-corrected chi connectivity index (χ3v) is 11.9. The molecule has 64 heavy (non-hydrogen) atoms. The van der Waals surface area contributed by atoms with Crippen LogP contribution >= 0.6 is 0 Å². The minimum absolute atomic E-state index is 0.000594. The van der Waals surface area contributed by atoms with Crippen molar-refractivity contribution in [2.45, 2.75) is 115 Å². The molecule has 18 heteroatoms. The van der Waals surface area contributed by atoms with Gasteiger partial charge in [-0.15, -0.1) is 0 Å². The van der Waals surface area contributed by atoms with Gasteiger partial charge >= 0.3 is 6.18 Å². The van der Waals surface area contributed by atoms with Crippen molar-refractivity contribution < 1.29 is 46.6 Å². The predicted molar refractivity (Wildman–Crippen MR) is 232 cm³/mol. The highest BCUT2D eigenvalue weighted by atomic mass is 19.4. The lowest BCUT2D eigenvalue weighted by molar-refractivity contribution is -0.138. The van der Waals surface area contributed by atoms with E-state index in [1.165, 1.54) is 18.1 Å². The number of imide groups is 1. The van der Waals surface area contributed by atoms with Gasteiger partial charge in [0.05, 0.1) is 30.8 Å². The number of carbonyl (C=O) groups excluding carboxylic acids is 5. The highest BCUT2D eigenvalue weighted by Crippen LogP contribution is 2.38. The monoisotopic (exact) mass is 886 g/mol. The molecule has 0 radical (unpaired) electrons. The van der Waals surface area contributed by atoms with Crippen molar-refractivity contribution in [1.29, 1.82) is 0 Å². The number of halogens is 3. The summed E-state index contributed by atoms with van der Waals surface area (Å²) in [5.41, 5.74) is 7.69. The van der Waals surface area contributed by atoms with E-state index in [1.807, 2.05) is 4.90 Å². The van der Waals surface area contributed by atoms with E-state index >= 15 is 0 Å². The average molecular weight is 887 g/mol. The van der Waals surface area contributed by atoms with Gasteiger partial charge in [-0.25, -0.2) is 9.97 Å². The van der Waals surface area contributed by atoms with Crippen molar-refractivity contribution in [2.75, 3.05) is 36.6 Å². The molecule has 0 saturated carbocycles. The van der Waals surface area contributed by atoms with Crippen LogP contribution in [0.4, 0.5) is 30.4 Å². The fourth-order valence-electron chi connectivity index (χ4n) is 8.53. The molecule has 1 aromatic heterocycles. The summed E-state index contributed by atoms with van der Waals surface area (Å²) in [6.45, 7) is 4.64. The van der Waals surface area contributed by atoms with Gasteiger partial charge in [0.2, 0.25) is 23.6 Å². The molecule has 3 aromatic carbocycles. The van der Waals surface area contributed by atoms with E-state index in [0.29, 0.717) is 89.6 Å². The SMILES string of the molecule is COc1cc2nc(C)nc(N[C@H](C)c3cc(N)cc(C(F)(F)F)c3)c2cc1O[C@H]1CCN(C(=O)CCCCCCCCC(=O)Nc2ccc3c(c2)CN(C2CCC(=O)NC2=O)C3=O)C1. The van der Waals surface area contributed by atoms with Crippen LogP contribution in [0.2, 0.25) is 0 Å². The number of rotatable bonds is 17. The highest BCUT2D eigenvalue weighted by Gasteiger charge is 2.39. The minimum atomic E-state index is -4.55. The molecule has 1 unspecified atom stereocenters. The van der Waals surface area contributed by atoms with Crippen LogP contribution in [-0.4, -0.2) is 81.6 Å². The van der Waals surface area contributed by atoms with Gasteiger partial charge in [0.1, 0.15) is 23.8 Å². The first-order chi connectivity index (χ1) is 30.6. The fraction of sp³-hybridized carbons (Fsp3) is 0.457. The van der Waals surface area contributed by atoms with Gasteiger partial charge < -0.3 is 35.6 Å². The third kappa shape index (κ3) is 10.8. The van der Waals surface area contributed by atoms with Gasteiger partial charge in [-0.3, -0.25) is 29.3 Å². The number of fused-ring (bicyclic) bond motifs is 2. The number of hydrogen-bond acceptors (Lipinski definition) is 11. The van der Waals surface area contributed by atoms with E-state index in [0.717, 1.165) is 49.8 Å². The number of nitrogens with one attached hydrogen (secondary N) is 3. The predicted octanol–water partition coefficient (Wildman–Crippen LogP) is 7.22. The van der Waals surface area contributed by atoms with Crippen molar-refractivity contribution >= 4 is 57.6 Å². The van der Waals surface area contributed by atoms with Gasteiger partial charge in [-0.05, 0) is 86.7 Å². The summed E-state index contributed by atoms with van der Waals surface area (Å²) >= 11 is 0. The standard InChI is InChI=1S/C46H53F3N8O7/c1-26(28-18-30(46(47,48)49)21-31(50)19-28)51-43-35-22-39(38(63-3)23-36(35)52-27(2)53-43)64-33-16-17-56(25-33)42(60)11-9-7-5-4-6-8-10-40(58)54-32-12-13-34-29(20-32)24-57(45(34)62)37-14-15-41(59)55-44(37)61/h12-13,18-23,26,33,37H,4-11,14-17,24-25,50H2,1-3H3,(H,54,58)(H,51,52,53)(H,55,59,61)/t26-,33+,37?/m1/s1. The Kier molecular flexibility index (Phi) is 13.9. The summed E-state index contributed by atoms with van der Waals surface area (Å²) in [5.74, 6) is 0.599. The molecule has 7 rings (SSSR count). The Hall–Kier alpha value is -6.46. The molecule has 4 aromatic rings. The molecule has 0 spiro atoms. The third-order valence-electron chi connectivity index (χ3n) is 11.9. The van der Waals surface area contributed by atoms with Gasteiger partial charge in [0, 0.05) is 67.2 Å². The number of ether oxygens (including phenoxy) is 2. The number of nitrogens with two attached hydrogens (primary N) is 1. The number of piperidine rings is 1. The summed E-state index contributed by atoms with van der Waals surface area (Å²) in [6.07, 6.45) is 2.14. The first-order valence-corrected chi connectivity index (χ1v) is 21.7. The molecule has 340 valence electrons. The van der Waals surface area contributed by atoms with E-state index in [4.69, 9.17) is 15.2 Å². The zero-order valence-corrected chi connectivity index (χ0v) is 36.1. The number of benzene rings is 3. The summed E-state index contributed by atoms with van der Waals surface area (Å²) in [4.78, 5) is 75.1. The number of nitrogen functional groups attached to an aromatic ring is 1. The maximum atomic E-state index is 13.5. The molecule has 5 amide bonds. The van der Waals surface area contributed by atoms with Crippen molar-refractivity contribution in [3.8, 4) is 11.5 Å². The number of carbonyl (C=O) groups is 5. The van der Waals surface area contributed by atoms with Gasteiger partial charge in [-0.1, -0.05) is 25.7 Å². The molecule has 0 bridgehead atoms. The number of hydrogen-bond donors (Lipinski definition) is 4. The molecule has 3 aliphatic rings. The van der Waals surface area contributed by atoms with E-state index in [9.17, 15) is 37.1 Å². The van der Waals surface area contributed by atoms with Gasteiger partial charge in [-0.2, -0.15) is 13.2 Å². The topological polar surface area (TPSA) is 198 Å². The zero-order valence-electron chi connectivity index (χ0n) is 36.1. The van der Waals surface area contributed by atoms with Crippen LogP contribution in [0.1, 0.15) is 116 Å². The quantitative estimate of drug-likeness (QED) is 0.0475. The van der Waals surface area contributed by atoms with Gasteiger partial charge in [0.25, 0.3) is 5.91 Å². The summed E-state index contributed by atoms with van der Waals surface area (Å²) in [7, 11) is 1.52. The second kappa shape index (κ2) is 19.5. The summed E-state index contributed by atoms with van der Waals surface area (Å²) in [5, 5.41) is 9.02. The van der Waals surface area contributed by atoms with Crippen molar-refractivity contribution in [2.24, 2.45) is 0 Å². The van der Waals surface area contributed by atoms with Crippen molar-refractivity contribution in [3.63, 3.8) is 0 Å². The molecule has 4 heterocycles. The minimum Gasteiger partial charge on any atom is -0.493 e. The van der Waals surface area contributed by atoms with Crippen molar-refractivity contribution in [3.05, 3.63) is 76.6 Å². The Morgan fingerprint density at radius 2 is 1.70 bits per heavy atom. The number of amides is 5. The molecule has 3 atom stereocenters. The molecule has 15 nitrogen and oxygen atoms in total. The Morgan fingerprint density at radius 1 is 0.953 bits per heavy atom. The second-order valence-electron chi connectivity index (χ2n) is 16.7. The first kappa shape index (κ1) is 45.6. The lowest BCUT2D eigenvalue weighted by Crippen LogP contribution is -2.52. The number of likely N-dealkylation sites (tertiary alicyclic amines) is 1. The maximum Gasteiger partial charge on any atom is 0.416 e. The fourth-order valence-corrected chi connectivity index (χ4v) is 8.53. The lowest BCUT2D eigenvalue weighted by Gasteiger charge is -2.29. The van der Waals surface area contributed by atoms with Crippen LogP contribution in [0.15, 0.2) is 48.5 Å². The number of alkyl halides is 3. The maximum absolute atomic E-state index is 13.5. The van der Waals surface area contributed by atoms with Crippen LogP contribution in [0.5, 0.6) is 11.5 Å². The Morgan fingerprint density at radius 3 is 2.44 bits per heavy atom. The van der Waals surface area contributed by atoms with E-state index in [-0.39, 0.29) is 54.8 Å². The van der Waals surface area contributed by atoms with E-state index < -0.39 is 29.7 Å².